The number of unbranched alkanes of at least 4 members (excludes halogenated alkanes) is 1. The van der Waals surface area contributed by atoms with Crippen molar-refractivity contribution in [3.63, 3.8) is 0 Å². The number of carbonyl (C=O) groups is 5. The average Bonchev–Trinajstić information content (AvgIpc) is 2.68. The maximum absolute atomic E-state index is 12.9. The number of hydrogen-bond acceptors (Lipinski definition) is 8. The summed E-state index contributed by atoms with van der Waals surface area (Å²) >= 11 is 0. The molecule has 0 heterocycles. The molecule has 0 aromatic carbocycles. The first-order valence-corrected chi connectivity index (χ1v) is 10.9. The summed E-state index contributed by atoms with van der Waals surface area (Å²) in [5.41, 5.74) is 16.2. The molecule has 0 bridgehead atoms. The van der Waals surface area contributed by atoms with Gasteiger partial charge in [0.05, 0.1) is 18.6 Å². The molecule has 190 valence electrons. The van der Waals surface area contributed by atoms with E-state index in [0.29, 0.717) is 19.4 Å². The van der Waals surface area contributed by atoms with Gasteiger partial charge in [-0.05, 0) is 45.1 Å². The number of nitrogens with two attached hydrogens (primary N) is 3. The van der Waals surface area contributed by atoms with Crippen LogP contribution in [0.3, 0.4) is 0 Å². The zero-order valence-corrected chi connectivity index (χ0v) is 19.4. The molecule has 13 heteroatoms. The summed E-state index contributed by atoms with van der Waals surface area (Å²) in [6.45, 7) is 5.20. The predicted octanol–water partition coefficient (Wildman–Crippen LogP) is -2.72. The van der Waals surface area contributed by atoms with Crippen molar-refractivity contribution >= 4 is 29.6 Å². The van der Waals surface area contributed by atoms with Gasteiger partial charge in [0.15, 0.2) is 6.04 Å². The first kappa shape index (κ1) is 30.2. The Labute approximate surface area is 193 Å². The van der Waals surface area contributed by atoms with Crippen molar-refractivity contribution in [2.45, 2.75) is 83.1 Å². The van der Waals surface area contributed by atoms with Gasteiger partial charge in [0.2, 0.25) is 23.6 Å². The maximum atomic E-state index is 12.9. The number of aliphatic hydroxyl groups is 1. The Hall–Kier alpha value is -2.77. The summed E-state index contributed by atoms with van der Waals surface area (Å²) in [6, 6.07) is -5.00. The van der Waals surface area contributed by atoms with Gasteiger partial charge in [-0.3, -0.25) is 19.2 Å². The van der Waals surface area contributed by atoms with Crippen LogP contribution in [-0.2, 0) is 24.0 Å². The number of aliphatic carboxylic acids is 1. The van der Waals surface area contributed by atoms with Crippen LogP contribution in [0.4, 0.5) is 0 Å². The summed E-state index contributed by atoms with van der Waals surface area (Å²) in [5, 5.41) is 26.0. The molecule has 0 aromatic rings. The third kappa shape index (κ3) is 12.2. The summed E-state index contributed by atoms with van der Waals surface area (Å²) < 4.78 is 0. The summed E-state index contributed by atoms with van der Waals surface area (Å²) in [5.74, 6) is -4.49. The molecule has 33 heavy (non-hydrogen) atoms. The topological polar surface area (TPSA) is 240 Å². The molecule has 11 N–H and O–H groups in total. The van der Waals surface area contributed by atoms with Gasteiger partial charge >= 0.3 is 5.97 Å². The fraction of sp³-hybridized carbons (Fsp3) is 0.750. The maximum Gasteiger partial charge on any atom is 0.328 e. The highest BCUT2D eigenvalue weighted by Crippen LogP contribution is 2.09. The van der Waals surface area contributed by atoms with E-state index in [0.717, 1.165) is 0 Å². The molecule has 0 saturated heterocycles. The molecule has 13 nitrogen and oxygen atoms in total. The van der Waals surface area contributed by atoms with Crippen molar-refractivity contribution in [1.82, 2.24) is 16.0 Å². The van der Waals surface area contributed by atoms with Gasteiger partial charge in [-0.25, -0.2) is 4.79 Å². The fourth-order valence-electron chi connectivity index (χ4n) is 2.97. The van der Waals surface area contributed by atoms with E-state index >= 15 is 0 Å². The molecule has 0 aliphatic heterocycles. The molecule has 0 aliphatic rings. The zero-order valence-electron chi connectivity index (χ0n) is 19.4. The van der Waals surface area contributed by atoms with Crippen molar-refractivity contribution in [1.29, 1.82) is 0 Å². The smallest absolute Gasteiger partial charge is 0.328 e. The standard InChI is InChI=1S/C20H38N6O7/c1-10(2)8-14(19(31)26-16(11(3)27)20(32)33)25-18(30)13(6-4-5-7-21)24-17(29)12(22)9-15(23)28/h10-14,16,27H,4-9,21-22H2,1-3H3,(H2,23,28)(H,24,29)(H,25,30)(H,26,31)(H,32,33). The lowest BCUT2D eigenvalue weighted by atomic mass is 10.0. The monoisotopic (exact) mass is 474 g/mol. The van der Waals surface area contributed by atoms with Crippen LogP contribution in [0, 0.1) is 5.92 Å². The van der Waals surface area contributed by atoms with E-state index in [1.807, 2.05) is 0 Å². The lowest BCUT2D eigenvalue weighted by Gasteiger charge is -2.26. The van der Waals surface area contributed by atoms with Gasteiger partial charge in [-0.15, -0.1) is 0 Å². The van der Waals surface area contributed by atoms with Crippen LogP contribution in [0.1, 0.15) is 52.9 Å². The van der Waals surface area contributed by atoms with E-state index in [4.69, 9.17) is 17.2 Å². The lowest BCUT2D eigenvalue weighted by molar-refractivity contribution is -0.145. The highest BCUT2D eigenvalue weighted by molar-refractivity contribution is 5.95. The average molecular weight is 475 g/mol. The van der Waals surface area contributed by atoms with Gasteiger partial charge in [-0.2, -0.15) is 0 Å². The number of aliphatic hydroxyl groups excluding tert-OH is 1. The van der Waals surface area contributed by atoms with Gasteiger partial charge in [-0.1, -0.05) is 13.8 Å². The predicted molar refractivity (Wildman–Crippen MR) is 119 cm³/mol. The summed E-state index contributed by atoms with van der Waals surface area (Å²) in [6.07, 6.45) is -0.329. The van der Waals surface area contributed by atoms with Crippen LogP contribution >= 0.6 is 0 Å². The number of carboxylic acid groups (broad SMARTS) is 1. The van der Waals surface area contributed by atoms with Gasteiger partial charge in [0.25, 0.3) is 0 Å². The van der Waals surface area contributed by atoms with Gasteiger partial charge < -0.3 is 43.4 Å². The van der Waals surface area contributed by atoms with Crippen molar-refractivity contribution in [3.8, 4) is 0 Å². The molecule has 0 aromatic heterocycles. The van der Waals surface area contributed by atoms with Crippen LogP contribution in [0.5, 0.6) is 0 Å². The van der Waals surface area contributed by atoms with Crippen LogP contribution in [0.15, 0.2) is 0 Å². The van der Waals surface area contributed by atoms with Gasteiger partial charge in [0, 0.05) is 0 Å². The molecule has 4 amide bonds. The lowest BCUT2D eigenvalue weighted by Crippen LogP contribution is -2.58. The largest absolute Gasteiger partial charge is 0.480 e. The molecule has 5 atom stereocenters. The Morgan fingerprint density at radius 2 is 1.42 bits per heavy atom. The Kier molecular flexibility index (Phi) is 13.9. The number of carboxylic acids is 1. The van der Waals surface area contributed by atoms with E-state index < -0.39 is 66.3 Å². The highest BCUT2D eigenvalue weighted by atomic mass is 16.4. The minimum atomic E-state index is -1.56. The Balaban J connectivity index is 5.51. The Morgan fingerprint density at radius 3 is 1.88 bits per heavy atom. The first-order valence-electron chi connectivity index (χ1n) is 10.9. The van der Waals surface area contributed by atoms with Crippen LogP contribution < -0.4 is 33.2 Å². The van der Waals surface area contributed by atoms with E-state index in [-0.39, 0.29) is 18.8 Å². The fourth-order valence-corrected chi connectivity index (χ4v) is 2.97. The molecule has 5 unspecified atom stereocenters. The van der Waals surface area contributed by atoms with Crippen LogP contribution in [0.25, 0.3) is 0 Å². The molecular formula is C20H38N6O7. The number of nitrogens with one attached hydrogen (secondary N) is 3. The van der Waals surface area contributed by atoms with Crippen molar-refractivity contribution in [2.24, 2.45) is 23.1 Å². The highest BCUT2D eigenvalue weighted by Gasteiger charge is 2.32. The van der Waals surface area contributed by atoms with Crippen molar-refractivity contribution < 1.29 is 34.2 Å². The molecule has 0 spiro atoms. The first-order chi connectivity index (χ1) is 15.3. The summed E-state index contributed by atoms with van der Waals surface area (Å²) in [7, 11) is 0. The molecular weight excluding hydrogens is 436 g/mol. The number of carbonyl (C=O) groups excluding carboxylic acids is 4. The normalized spacial score (nSPS) is 15.6. The second-order valence-electron chi connectivity index (χ2n) is 8.38. The van der Waals surface area contributed by atoms with E-state index in [1.165, 1.54) is 6.92 Å². The minimum absolute atomic E-state index is 0.0508. The third-order valence-corrected chi connectivity index (χ3v) is 4.72. The van der Waals surface area contributed by atoms with E-state index in [2.05, 4.69) is 16.0 Å². The Morgan fingerprint density at radius 1 is 0.879 bits per heavy atom. The third-order valence-electron chi connectivity index (χ3n) is 4.72. The molecule has 0 fully saturated rings. The van der Waals surface area contributed by atoms with Crippen LogP contribution in [-0.4, -0.2) is 76.6 Å². The second-order valence-corrected chi connectivity index (χ2v) is 8.38. The second kappa shape index (κ2) is 15.1. The van der Waals surface area contributed by atoms with Crippen molar-refractivity contribution in [2.75, 3.05) is 6.54 Å². The number of hydrogen-bond donors (Lipinski definition) is 8. The quantitative estimate of drug-likeness (QED) is 0.108. The zero-order chi connectivity index (χ0) is 25.7. The molecule has 0 radical (unpaired) electrons. The van der Waals surface area contributed by atoms with E-state index in [9.17, 15) is 34.2 Å². The number of primary amides is 1. The Bertz CT molecular complexity index is 686. The minimum Gasteiger partial charge on any atom is -0.480 e. The van der Waals surface area contributed by atoms with Crippen LogP contribution in [0.2, 0.25) is 0 Å². The van der Waals surface area contributed by atoms with Gasteiger partial charge in [0.1, 0.15) is 12.1 Å². The molecule has 0 saturated carbocycles. The van der Waals surface area contributed by atoms with E-state index in [1.54, 1.807) is 13.8 Å². The SMILES string of the molecule is CC(C)CC(NC(=O)C(CCCCN)NC(=O)C(N)CC(N)=O)C(=O)NC(C(=O)O)C(C)O. The number of amides is 4. The summed E-state index contributed by atoms with van der Waals surface area (Å²) in [4.78, 5) is 60.2. The number of rotatable bonds is 16. The molecule has 0 rings (SSSR count). The molecule has 0 aliphatic carbocycles. The van der Waals surface area contributed by atoms with Crippen molar-refractivity contribution in [3.05, 3.63) is 0 Å².